The zero-order valence-corrected chi connectivity index (χ0v) is 22.4. The molecule has 4 heterocycles. The molecule has 8 atom stereocenters. The summed E-state index contributed by atoms with van der Waals surface area (Å²) >= 11 is 0. The van der Waals surface area contributed by atoms with Crippen molar-refractivity contribution < 1.29 is 24.1 Å². The van der Waals surface area contributed by atoms with Crippen LogP contribution in [0.4, 0.5) is 11.6 Å². The van der Waals surface area contributed by atoms with Crippen LogP contribution in [0.3, 0.4) is 0 Å². The third kappa shape index (κ3) is 3.22. The van der Waals surface area contributed by atoms with Crippen molar-refractivity contribution >= 4 is 17.6 Å². The van der Waals surface area contributed by atoms with E-state index in [-0.39, 0.29) is 0 Å². The van der Waals surface area contributed by atoms with Crippen LogP contribution in [0, 0.1) is 23.2 Å². The van der Waals surface area contributed by atoms with Crippen molar-refractivity contribution in [2.75, 3.05) is 16.8 Å². The summed E-state index contributed by atoms with van der Waals surface area (Å²) in [6.07, 6.45) is 11.3. The number of benzene rings is 1. The first kappa shape index (κ1) is 23.7. The SMILES string of the molecule is O=C(O)C1OC(N2C=CCc3c(NCC45CCCC6CC(C4)C65)ncnc32)C2OC3(Cc4ccccc4C3)OC12. The molecule has 0 radical (unpaired) electrons. The molecule has 1 aromatic heterocycles. The predicted molar refractivity (Wildman–Crippen MR) is 144 cm³/mol. The lowest BCUT2D eigenvalue weighted by molar-refractivity contribution is -0.206. The highest BCUT2D eigenvalue weighted by Crippen LogP contribution is 2.70. The van der Waals surface area contributed by atoms with E-state index >= 15 is 0 Å². The van der Waals surface area contributed by atoms with E-state index in [2.05, 4.69) is 33.5 Å². The molecule has 3 aliphatic heterocycles. The first-order valence-corrected chi connectivity index (χ1v) is 14.9. The third-order valence-corrected chi connectivity index (χ3v) is 11.1. The standard InChI is InChI=1S/C31H34N4O5/c36-29(37)25-23-24(40-31(39-23)13-18-5-1-2-6-19(18)14-31)28(38-25)35-10-4-8-21-26(33-16-34-27(21)35)32-15-30-9-3-7-17-11-20(12-30)22(17)30/h1-2,4-6,10,16-17,20,22-25,28H,3,7-9,11-15H2,(H,36,37)(H,32,33,34). The van der Waals surface area contributed by atoms with E-state index in [9.17, 15) is 9.90 Å². The molecule has 208 valence electrons. The van der Waals surface area contributed by atoms with Crippen LogP contribution < -0.4 is 10.2 Å². The molecule has 2 N–H and O–H groups in total. The fourth-order valence-corrected chi connectivity index (χ4v) is 9.48. The highest BCUT2D eigenvalue weighted by Gasteiger charge is 2.64. The van der Waals surface area contributed by atoms with Gasteiger partial charge in [0.15, 0.2) is 18.1 Å². The Balaban J connectivity index is 0.990. The number of carboxylic acids is 1. The molecule has 5 fully saturated rings. The van der Waals surface area contributed by atoms with Crippen LogP contribution in [0.5, 0.6) is 0 Å². The normalized spacial score (nSPS) is 39.1. The number of carboxylic acid groups (broad SMARTS) is 1. The van der Waals surface area contributed by atoms with E-state index in [1.54, 1.807) is 6.33 Å². The van der Waals surface area contributed by atoms with Crippen LogP contribution in [-0.2, 0) is 38.3 Å². The summed E-state index contributed by atoms with van der Waals surface area (Å²) in [6, 6.07) is 8.21. The molecule has 0 bridgehead atoms. The minimum atomic E-state index is -1.12. The van der Waals surface area contributed by atoms with Gasteiger partial charge in [-0.05, 0) is 60.0 Å². The van der Waals surface area contributed by atoms with Gasteiger partial charge in [-0.3, -0.25) is 0 Å². The Bertz CT molecular complexity index is 1400. The lowest BCUT2D eigenvalue weighted by Crippen LogP contribution is -2.63. The Morgan fingerprint density at radius 3 is 2.75 bits per heavy atom. The summed E-state index contributed by atoms with van der Waals surface area (Å²) in [5, 5.41) is 13.8. The number of rotatable bonds is 5. The second-order valence-corrected chi connectivity index (χ2v) is 13.1. The molecule has 9 heteroatoms. The van der Waals surface area contributed by atoms with Gasteiger partial charge in [-0.2, -0.15) is 0 Å². The Morgan fingerprint density at radius 1 is 1.12 bits per heavy atom. The summed E-state index contributed by atoms with van der Waals surface area (Å²) in [7, 11) is 0. The smallest absolute Gasteiger partial charge is 0.335 e. The van der Waals surface area contributed by atoms with Crippen LogP contribution in [0.15, 0.2) is 42.9 Å². The van der Waals surface area contributed by atoms with Crippen molar-refractivity contribution in [2.45, 2.75) is 81.7 Å². The average molecular weight is 543 g/mol. The van der Waals surface area contributed by atoms with Gasteiger partial charge in [0.2, 0.25) is 0 Å². The molecule has 2 aromatic rings. The molecule has 8 unspecified atom stereocenters. The quantitative estimate of drug-likeness (QED) is 0.585. The van der Waals surface area contributed by atoms with E-state index in [0.29, 0.717) is 24.7 Å². The van der Waals surface area contributed by atoms with E-state index < -0.39 is 36.3 Å². The molecule has 0 amide bonds. The number of ether oxygens (including phenoxy) is 3. The summed E-state index contributed by atoms with van der Waals surface area (Å²) in [5.74, 6) is 2.48. The van der Waals surface area contributed by atoms with Crippen molar-refractivity contribution in [3.05, 3.63) is 59.6 Å². The first-order chi connectivity index (χ1) is 19.5. The van der Waals surface area contributed by atoms with E-state index in [1.807, 2.05) is 23.2 Å². The number of fused-ring (bicyclic) bond motifs is 3. The van der Waals surface area contributed by atoms with Crippen molar-refractivity contribution in [1.29, 1.82) is 0 Å². The van der Waals surface area contributed by atoms with Gasteiger partial charge in [-0.1, -0.05) is 43.2 Å². The van der Waals surface area contributed by atoms with Crippen molar-refractivity contribution in [2.24, 2.45) is 23.2 Å². The number of carbonyl (C=O) groups is 1. The highest BCUT2D eigenvalue weighted by atomic mass is 16.8. The van der Waals surface area contributed by atoms with Gasteiger partial charge in [0, 0.05) is 31.1 Å². The molecule has 3 saturated carbocycles. The number of nitrogens with one attached hydrogen (secondary N) is 1. The molecule has 9 nitrogen and oxygen atoms in total. The fraction of sp³-hybridized carbons (Fsp3) is 0.581. The minimum absolute atomic E-state index is 0.423. The van der Waals surface area contributed by atoms with Gasteiger partial charge in [0.1, 0.15) is 30.2 Å². The minimum Gasteiger partial charge on any atom is -0.479 e. The molecule has 9 rings (SSSR count). The number of aromatic nitrogens is 2. The van der Waals surface area contributed by atoms with Crippen molar-refractivity contribution in [3.8, 4) is 0 Å². The van der Waals surface area contributed by atoms with Crippen LogP contribution in [-0.4, -0.2) is 57.9 Å². The maximum Gasteiger partial charge on any atom is 0.335 e. The number of nitrogens with zero attached hydrogens (tertiary/aromatic N) is 3. The summed E-state index contributed by atoms with van der Waals surface area (Å²) in [4.78, 5) is 23.5. The Kier molecular flexibility index (Phi) is 4.89. The summed E-state index contributed by atoms with van der Waals surface area (Å²) < 4.78 is 19.2. The van der Waals surface area contributed by atoms with Crippen molar-refractivity contribution in [1.82, 2.24) is 9.97 Å². The zero-order valence-electron chi connectivity index (χ0n) is 22.4. The lowest BCUT2D eigenvalue weighted by Gasteiger charge is -2.69. The van der Waals surface area contributed by atoms with Gasteiger partial charge in [-0.25, -0.2) is 14.8 Å². The number of allylic oxidation sites excluding steroid dienone is 1. The van der Waals surface area contributed by atoms with Crippen LogP contribution in [0.1, 0.15) is 48.8 Å². The number of hydrogen-bond acceptors (Lipinski definition) is 8. The predicted octanol–water partition coefficient (Wildman–Crippen LogP) is 3.68. The molecule has 2 saturated heterocycles. The molecule has 7 aliphatic rings. The molecule has 40 heavy (non-hydrogen) atoms. The molecular formula is C31H34N4O5. The molecule has 4 aliphatic carbocycles. The number of anilines is 2. The maximum absolute atomic E-state index is 12.3. The van der Waals surface area contributed by atoms with E-state index in [1.165, 1.54) is 43.2 Å². The first-order valence-electron chi connectivity index (χ1n) is 14.9. The lowest BCUT2D eigenvalue weighted by atomic mass is 9.36. The monoisotopic (exact) mass is 542 g/mol. The summed E-state index contributed by atoms with van der Waals surface area (Å²) in [5.41, 5.74) is 3.80. The fourth-order valence-electron chi connectivity index (χ4n) is 9.48. The molecule has 1 spiro atoms. The molecule has 1 aromatic carbocycles. The largest absolute Gasteiger partial charge is 0.479 e. The zero-order chi connectivity index (χ0) is 26.6. The van der Waals surface area contributed by atoms with Gasteiger partial charge < -0.3 is 29.5 Å². The van der Waals surface area contributed by atoms with Gasteiger partial charge >= 0.3 is 5.97 Å². The Labute approximate surface area is 232 Å². The second-order valence-electron chi connectivity index (χ2n) is 13.1. The second kappa shape index (κ2) is 8.27. The van der Waals surface area contributed by atoms with Gasteiger partial charge in [0.05, 0.1) is 0 Å². The van der Waals surface area contributed by atoms with Crippen LogP contribution >= 0.6 is 0 Å². The van der Waals surface area contributed by atoms with Gasteiger partial charge in [0.25, 0.3) is 0 Å². The average Bonchev–Trinajstić information content (AvgIpc) is 3.58. The van der Waals surface area contributed by atoms with E-state index in [4.69, 9.17) is 14.2 Å². The third-order valence-electron chi connectivity index (χ3n) is 11.1. The number of aliphatic carboxylic acids is 1. The number of hydrogen-bond donors (Lipinski definition) is 2. The van der Waals surface area contributed by atoms with Crippen LogP contribution in [0.2, 0.25) is 0 Å². The van der Waals surface area contributed by atoms with Crippen molar-refractivity contribution in [3.63, 3.8) is 0 Å². The van der Waals surface area contributed by atoms with Gasteiger partial charge in [-0.15, -0.1) is 0 Å². The Hall–Kier alpha value is -3.01. The van der Waals surface area contributed by atoms with E-state index in [0.717, 1.165) is 41.5 Å². The topological polar surface area (TPSA) is 106 Å². The molecular weight excluding hydrogens is 508 g/mol. The highest BCUT2D eigenvalue weighted by molar-refractivity contribution is 5.74. The summed E-state index contributed by atoms with van der Waals surface area (Å²) in [6.45, 7) is 0.962. The van der Waals surface area contributed by atoms with Crippen LogP contribution in [0.25, 0.3) is 0 Å². The maximum atomic E-state index is 12.3. The Morgan fingerprint density at radius 2 is 1.95 bits per heavy atom.